The van der Waals surface area contributed by atoms with Crippen molar-refractivity contribution in [2.75, 3.05) is 31.1 Å². The van der Waals surface area contributed by atoms with Gasteiger partial charge < -0.3 is 25.2 Å². The standard InChI is InChI=1S/C25H27N5O3/c1-16-9-20(11-25(29-16)30-7-8-32-17(2)15-30)33-24-10-18(12-26)3-5-21(24)22-6-4-19(14-28-22)23(31)13-27/h3-6,9-11,14,17,23,31H,7-8,13,15,27H2,1-2H3/t17-,23?/m0/s1. The second-order valence-corrected chi connectivity index (χ2v) is 8.08. The van der Waals surface area contributed by atoms with E-state index in [1.807, 2.05) is 32.0 Å². The number of rotatable bonds is 6. The van der Waals surface area contributed by atoms with Crippen LogP contribution in [0, 0.1) is 18.3 Å². The first-order valence-corrected chi connectivity index (χ1v) is 10.9. The summed E-state index contributed by atoms with van der Waals surface area (Å²) < 4.78 is 11.9. The highest BCUT2D eigenvalue weighted by Gasteiger charge is 2.19. The fraction of sp³-hybridized carbons (Fsp3) is 0.320. The van der Waals surface area contributed by atoms with E-state index >= 15 is 0 Å². The van der Waals surface area contributed by atoms with E-state index in [0.717, 1.165) is 30.2 Å². The van der Waals surface area contributed by atoms with Crippen LogP contribution >= 0.6 is 0 Å². The molecule has 8 nitrogen and oxygen atoms in total. The van der Waals surface area contributed by atoms with Gasteiger partial charge in [0.15, 0.2) is 0 Å². The Balaban J connectivity index is 1.67. The van der Waals surface area contributed by atoms with E-state index in [1.165, 1.54) is 0 Å². The maximum Gasteiger partial charge on any atom is 0.138 e. The van der Waals surface area contributed by atoms with E-state index in [1.54, 1.807) is 30.5 Å². The first kappa shape index (κ1) is 22.7. The Labute approximate surface area is 193 Å². The SMILES string of the molecule is Cc1cc(Oc2cc(C#N)ccc2-c2ccc(C(O)CN)cn2)cc(N2CCO[C@@H](C)C2)n1. The number of aliphatic hydroxyl groups excluding tert-OH is 1. The van der Waals surface area contributed by atoms with Crippen molar-refractivity contribution in [3.63, 3.8) is 0 Å². The molecule has 2 atom stereocenters. The molecule has 1 aliphatic rings. The van der Waals surface area contributed by atoms with E-state index in [4.69, 9.17) is 15.2 Å². The van der Waals surface area contributed by atoms with Gasteiger partial charge in [0.1, 0.15) is 17.3 Å². The first-order chi connectivity index (χ1) is 16.0. The van der Waals surface area contributed by atoms with Gasteiger partial charge in [-0.2, -0.15) is 5.26 Å². The molecule has 33 heavy (non-hydrogen) atoms. The molecule has 1 aliphatic heterocycles. The van der Waals surface area contributed by atoms with E-state index in [2.05, 4.69) is 20.9 Å². The number of hydrogen-bond acceptors (Lipinski definition) is 8. The van der Waals surface area contributed by atoms with Crippen LogP contribution in [0.1, 0.15) is 29.8 Å². The molecule has 3 heterocycles. The minimum Gasteiger partial charge on any atom is -0.456 e. The average molecular weight is 446 g/mol. The minimum absolute atomic E-state index is 0.123. The lowest BCUT2D eigenvalue weighted by Crippen LogP contribution is -2.41. The molecule has 0 radical (unpaired) electrons. The van der Waals surface area contributed by atoms with Gasteiger partial charge in [-0.1, -0.05) is 6.07 Å². The van der Waals surface area contributed by atoms with E-state index < -0.39 is 6.10 Å². The smallest absolute Gasteiger partial charge is 0.138 e. The van der Waals surface area contributed by atoms with Crippen LogP contribution < -0.4 is 15.4 Å². The molecule has 3 N–H and O–H groups in total. The Morgan fingerprint density at radius 1 is 1.30 bits per heavy atom. The van der Waals surface area contributed by atoms with Crippen molar-refractivity contribution in [1.29, 1.82) is 5.26 Å². The molecule has 3 aromatic rings. The van der Waals surface area contributed by atoms with Gasteiger partial charge in [-0.25, -0.2) is 4.98 Å². The van der Waals surface area contributed by atoms with Crippen LogP contribution in [0.4, 0.5) is 5.82 Å². The van der Waals surface area contributed by atoms with Crippen LogP contribution in [-0.2, 0) is 4.74 Å². The predicted molar refractivity (Wildman–Crippen MR) is 125 cm³/mol. The summed E-state index contributed by atoms with van der Waals surface area (Å²) in [6, 6.07) is 14.8. The Hall–Kier alpha value is -3.51. The minimum atomic E-state index is -0.760. The Morgan fingerprint density at radius 2 is 2.15 bits per heavy atom. The number of aryl methyl sites for hydroxylation is 1. The lowest BCUT2D eigenvalue weighted by molar-refractivity contribution is 0.0529. The number of ether oxygens (including phenoxy) is 2. The molecule has 2 aromatic heterocycles. The van der Waals surface area contributed by atoms with Gasteiger partial charge in [-0.3, -0.25) is 4.98 Å². The molecule has 1 fully saturated rings. The van der Waals surface area contributed by atoms with Gasteiger partial charge in [-0.15, -0.1) is 0 Å². The molecule has 0 spiro atoms. The van der Waals surface area contributed by atoms with Crippen LogP contribution in [0.3, 0.4) is 0 Å². The average Bonchev–Trinajstić information content (AvgIpc) is 2.83. The molecule has 170 valence electrons. The first-order valence-electron chi connectivity index (χ1n) is 10.9. The Bertz CT molecular complexity index is 1160. The number of nitrogens with zero attached hydrogens (tertiary/aromatic N) is 4. The lowest BCUT2D eigenvalue weighted by atomic mass is 10.1. The number of benzene rings is 1. The molecule has 1 aromatic carbocycles. The van der Waals surface area contributed by atoms with Crippen LogP contribution in [0.15, 0.2) is 48.7 Å². The summed E-state index contributed by atoms with van der Waals surface area (Å²) in [6.07, 6.45) is 0.976. The van der Waals surface area contributed by atoms with Gasteiger partial charge in [-0.05, 0) is 38.1 Å². The monoisotopic (exact) mass is 445 g/mol. The topological polar surface area (TPSA) is 118 Å². The third kappa shape index (κ3) is 5.29. The molecular formula is C25H27N5O3. The van der Waals surface area contributed by atoms with Crippen LogP contribution in [-0.4, -0.2) is 47.4 Å². The molecule has 1 saturated heterocycles. The summed E-state index contributed by atoms with van der Waals surface area (Å²) in [6.45, 7) is 6.27. The maximum atomic E-state index is 9.94. The number of hydrogen-bond donors (Lipinski definition) is 2. The summed E-state index contributed by atoms with van der Waals surface area (Å²) in [4.78, 5) is 11.3. The van der Waals surface area contributed by atoms with Crippen molar-refractivity contribution in [3.05, 3.63) is 65.5 Å². The van der Waals surface area contributed by atoms with Crippen molar-refractivity contribution in [1.82, 2.24) is 9.97 Å². The number of nitriles is 1. The normalized spacial score (nSPS) is 16.8. The summed E-state index contributed by atoms with van der Waals surface area (Å²) in [7, 11) is 0. The van der Waals surface area contributed by atoms with Crippen LogP contribution in [0.5, 0.6) is 11.5 Å². The molecule has 8 heteroatoms. The second kappa shape index (κ2) is 9.96. The molecule has 0 aliphatic carbocycles. The molecule has 1 unspecified atom stereocenters. The summed E-state index contributed by atoms with van der Waals surface area (Å²) in [5, 5.41) is 19.3. The number of pyridine rings is 2. The fourth-order valence-electron chi connectivity index (χ4n) is 3.78. The van der Waals surface area contributed by atoms with Crippen molar-refractivity contribution in [3.8, 4) is 28.8 Å². The highest BCUT2D eigenvalue weighted by Crippen LogP contribution is 2.35. The zero-order valence-electron chi connectivity index (χ0n) is 18.7. The second-order valence-electron chi connectivity index (χ2n) is 8.08. The third-order valence-corrected chi connectivity index (χ3v) is 5.49. The fourth-order valence-corrected chi connectivity index (χ4v) is 3.78. The number of aliphatic hydroxyl groups is 1. The largest absolute Gasteiger partial charge is 0.456 e. The zero-order chi connectivity index (χ0) is 23.4. The summed E-state index contributed by atoms with van der Waals surface area (Å²) in [5.41, 5.74) is 8.89. The highest BCUT2D eigenvalue weighted by atomic mass is 16.5. The summed E-state index contributed by atoms with van der Waals surface area (Å²) >= 11 is 0. The van der Waals surface area contributed by atoms with Crippen molar-refractivity contribution < 1.29 is 14.6 Å². The Kier molecular flexibility index (Phi) is 6.84. The van der Waals surface area contributed by atoms with Crippen LogP contribution in [0.2, 0.25) is 0 Å². The van der Waals surface area contributed by atoms with Crippen molar-refractivity contribution >= 4 is 5.82 Å². The quantitative estimate of drug-likeness (QED) is 0.593. The molecule has 4 rings (SSSR count). The van der Waals surface area contributed by atoms with Crippen molar-refractivity contribution in [2.24, 2.45) is 5.73 Å². The summed E-state index contributed by atoms with van der Waals surface area (Å²) in [5.74, 6) is 1.97. The predicted octanol–water partition coefficient (Wildman–Crippen LogP) is 3.33. The van der Waals surface area contributed by atoms with Gasteiger partial charge >= 0.3 is 0 Å². The molecule has 0 bridgehead atoms. The maximum absolute atomic E-state index is 9.94. The van der Waals surface area contributed by atoms with E-state index in [-0.39, 0.29) is 12.6 Å². The number of aromatic nitrogens is 2. The number of anilines is 1. The molecule has 0 saturated carbocycles. The van der Waals surface area contributed by atoms with Crippen molar-refractivity contribution in [2.45, 2.75) is 26.1 Å². The molecular weight excluding hydrogens is 418 g/mol. The highest BCUT2D eigenvalue weighted by molar-refractivity contribution is 5.69. The molecule has 0 amide bonds. The van der Waals surface area contributed by atoms with E-state index in [9.17, 15) is 10.4 Å². The third-order valence-electron chi connectivity index (χ3n) is 5.49. The van der Waals surface area contributed by atoms with Crippen LogP contribution in [0.25, 0.3) is 11.3 Å². The lowest BCUT2D eigenvalue weighted by Gasteiger charge is -2.32. The van der Waals surface area contributed by atoms with Gasteiger partial charge in [0.25, 0.3) is 0 Å². The van der Waals surface area contributed by atoms with Gasteiger partial charge in [0.05, 0.1) is 36.1 Å². The number of morpholine rings is 1. The number of nitrogens with two attached hydrogens (primary N) is 1. The van der Waals surface area contributed by atoms with E-state index in [0.29, 0.717) is 34.9 Å². The zero-order valence-corrected chi connectivity index (χ0v) is 18.7. The van der Waals surface area contributed by atoms with Gasteiger partial charge in [0, 0.05) is 54.8 Å². The Morgan fingerprint density at radius 3 is 2.85 bits per heavy atom. The van der Waals surface area contributed by atoms with Gasteiger partial charge in [0.2, 0.25) is 0 Å².